The first-order valence-electron chi connectivity index (χ1n) is 7.88. The number of ketones is 1. The predicted octanol–water partition coefficient (Wildman–Crippen LogP) is 3.62. The first kappa shape index (κ1) is 16.7. The summed E-state index contributed by atoms with van der Waals surface area (Å²) in [5.74, 6) is -0.585. The van der Waals surface area contributed by atoms with Crippen molar-refractivity contribution < 1.29 is 14.6 Å². The van der Waals surface area contributed by atoms with E-state index < -0.39 is 0 Å². The number of aliphatic hydroxyl groups excluding tert-OH is 1. The maximum atomic E-state index is 12.4. The average Bonchev–Trinajstić information content (AvgIpc) is 2.84. The minimum absolute atomic E-state index is 0.0120. The number of nitrogens with one attached hydrogen (secondary N) is 1. The van der Waals surface area contributed by atoms with Crippen molar-refractivity contribution in [3.8, 4) is 0 Å². The lowest BCUT2D eigenvalue weighted by Gasteiger charge is -2.29. The van der Waals surface area contributed by atoms with Crippen LogP contribution in [0.2, 0.25) is 0 Å². The van der Waals surface area contributed by atoms with Crippen molar-refractivity contribution >= 4 is 28.8 Å². The number of rotatable bonds is 3. The third-order valence-electron chi connectivity index (χ3n) is 4.57. The van der Waals surface area contributed by atoms with Crippen molar-refractivity contribution in [2.45, 2.75) is 25.4 Å². The molecule has 24 heavy (non-hydrogen) atoms. The summed E-state index contributed by atoms with van der Waals surface area (Å²) in [5, 5.41) is 21.2. The van der Waals surface area contributed by atoms with Crippen molar-refractivity contribution in [1.29, 1.82) is 0 Å². The fourth-order valence-electron chi connectivity index (χ4n) is 3.31. The Morgan fingerprint density at radius 2 is 2.04 bits per heavy atom. The third-order valence-corrected chi connectivity index (χ3v) is 4.75. The minimum Gasteiger partial charge on any atom is -0.510 e. The van der Waals surface area contributed by atoms with Crippen LogP contribution in [0.1, 0.15) is 19.3 Å². The van der Waals surface area contributed by atoms with E-state index in [1.54, 1.807) is 7.11 Å². The molecule has 3 rings (SSSR count). The van der Waals surface area contributed by atoms with Gasteiger partial charge in [-0.05, 0) is 43.6 Å². The number of ether oxygens (including phenoxy) is 1. The van der Waals surface area contributed by atoms with Gasteiger partial charge in [-0.3, -0.25) is 4.79 Å². The van der Waals surface area contributed by atoms with Crippen LogP contribution in [0, 0.1) is 11.8 Å². The number of hydrogen-bond acceptors (Lipinski definition) is 5. The zero-order chi connectivity index (χ0) is 17.1. The number of carbonyl (C=O) groups excluding carboxylic acids is 1. The summed E-state index contributed by atoms with van der Waals surface area (Å²) in [6.07, 6.45) is 2.20. The highest BCUT2D eigenvalue weighted by Gasteiger charge is 2.46. The van der Waals surface area contributed by atoms with E-state index in [9.17, 15) is 9.90 Å². The lowest BCUT2D eigenvalue weighted by molar-refractivity contribution is -0.121. The molecule has 6 nitrogen and oxygen atoms in total. The van der Waals surface area contributed by atoms with Gasteiger partial charge in [0.25, 0.3) is 0 Å². The molecule has 0 aromatic heterocycles. The van der Waals surface area contributed by atoms with Crippen LogP contribution in [-0.4, -0.2) is 29.2 Å². The van der Waals surface area contributed by atoms with Crippen molar-refractivity contribution in [3.63, 3.8) is 0 Å². The van der Waals surface area contributed by atoms with Crippen LogP contribution < -0.4 is 5.32 Å². The lowest BCUT2D eigenvalue weighted by Crippen LogP contribution is -2.30. The van der Waals surface area contributed by atoms with Crippen LogP contribution in [0.4, 0.5) is 5.69 Å². The Morgan fingerprint density at radius 1 is 1.29 bits per heavy atom. The van der Waals surface area contributed by atoms with E-state index in [-0.39, 0.29) is 40.3 Å². The SMILES string of the molecule is COC1CCC2C(=O)C(N=NC(=S)Nc3ccccc3)=C(O)C2C1. The number of thiocarbonyl (C=S) groups is 1. The summed E-state index contributed by atoms with van der Waals surface area (Å²) in [7, 11) is 1.65. The van der Waals surface area contributed by atoms with E-state index in [4.69, 9.17) is 17.0 Å². The predicted molar refractivity (Wildman–Crippen MR) is 93.8 cm³/mol. The molecule has 126 valence electrons. The molecule has 0 amide bonds. The van der Waals surface area contributed by atoms with Gasteiger partial charge in [0.1, 0.15) is 5.76 Å². The number of benzene rings is 1. The van der Waals surface area contributed by atoms with Gasteiger partial charge in [0, 0.05) is 24.6 Å². The molecule has 1 aromatic rings. The number of azo groups is 1. The molecule has 3 atom stereocenters. The molecule has 2 aliphatic rings. The zero-order valence-electron chi connectivity index (χ0n) is 13.3. The molecule has 1 fully saturated rings. The number of fused-ring (bicyclic) bond motifs is 1. The van der Waals surface area contributed by atoms with Gasteiger partial charge in [0.2, 0.25) is 5.11 Å². The number of Topliss-reactive ketones (excluding diaryl/α,β-unsaturated/α-hetero) is 1. The molecule has 2 N–H and O–H groups in total. The van der Waals surface area contributed by atoms with Crippen molar-refractivity contribution in [1.82, 2.24) is 0 Å². The van der Waals surface area contributed by atoms with Gasteiger partial charge < -0.3 is 15.2 Å². The molecular weight excluding hydrogens is 326 g/mol. The molecule has 2 aliphatic carbocycles. The van der Waals surface area contributed by atoms with Crippen LogP contribution in [0.25, 0.3) is 0 Å². The number of nitrogens with zero attached hydrogens (tertiary/aromatic N) is 2. The molecule has 1 saturated carbocycles. The summed E-state index contributed by atoms with van der Waals surface area (Å²) in [6.45, 7) is 0. The van der Waals surface area contributed by atoms with E-state index in [2.05, 4.69) is 15.5 Å². The topological polar surface area (TPSA) is 83.3 Å². The summed E-state index contributed by atoms with van der Waals surface area (Å²) >= 11 is 5.11. The molecule has 0 radical (unpaired) electrons. The Balaban J connectivity index is 1.70. The van der Waals surface area contributed by atoms with E-state index in [1.807, 2.05) is 30.3 Å². The number of hydrogen-bond donors (Lipinski definition) is 2. The highest BCUT2D eigenvalue weighted by atomic mass is 32.1. The number of para-hydroxylation sites is 1. The van der Waals surface area contributed by atoms with Crippen LogP contribution in [0.3, 0.4) is 0 Å². The molecule has 1 aromatic carbocycles. The molecule has 0 spiro atoms. The van der Waals surface area contributed by atoms with Gasteiger partial charge in [-0.2, -0.15) is 0 Å². The Hall–Kier alpha value is -2.12. The Kier molecular flexibility index (Phi) is 5.01. The van der Waals surface area contributed by atoms with Crippen LogP contribution >= 0.6 is 12.2 Å². The van der Waals surface area contributed by atoms with Crippen molar-refractivity contribution in [3.05, 3.63) is 41.8 Å². The second-order valence-electron chi connectivity index (χ2n) is 5.98. The molecule has 0 saturated heterocycles. The number of carbonyl (C=O) groups is 1. The van der Waals surface area contributed by atoms with E-state index in [0.29, 0.717) is 12.8 Å². The van der Waals surface area contributed by atoms with E-state index in [0.717, 1.165) is 12.1 Å². The summed E-state index contributed by atoms with van der Waals surface area (Å²) in [5.41, 5.74) is 0.813. The second-order valence-corrected chi connectivity index (χ2v) is 6.36. The normalized spacial score (nSPS) is 26.7. The van der Waals surface area contributed by atoms with Crippen LogP contribution in [-0.2, 0) is 9.53 Å². The van der Waals surface area contributed by atoms with Crippen LogP contribution in [0.15, 0.2) is 52.0 Å². The molecule has 0 heterocycles. The van der Waals surface area contributed by atoms with Gasteiger partial charge >= 0.3 is 0 Å². The Bertz CT molecular complexity index is 702. The highest BCUT2D eigenvalue weighted by molar-refractivity contribution is 7.80. The molecule has 3 unspecified atom stereocenters. The maximum Gasteiger partial charge on any atom is 0.218 e. The number of methoxy groups -OCH3 is 1. The number of anilines is 1. The largest absolute Gasteiger partial charge is 0.510 e. The average molecular weight is 345 g/mol. The molecule has 0 aliphatic heterocycles. The summed E-state index contributed by atoms with van der Waals surface area (Å²) < 4.78 is 5.35. The number of aliphatic hydroxyl groups is 1. The quantitative estimate of drug-likeness (QED) is 0.646. The first-order valence-corrected chi connectivity index (χ1v) is 8.29. The Labute approximate surface area is 145 Å². The van der Waals surface area contributed by atoms with E-state index >= 15 is 0 Å². The second kappa shape index (κ2) is 7.19. The Morgan fingerprint density at radius 3 is 2.75 bits per heavy atom. The van der Waals surface area contributed by atoms with Gasteiger partial charge in [-0.15, -0.1) is 10.2 Å². The van der Waals surface area contributed by atoms with Crippen molar-refractivity contribution in [2.75, 3.05) is 12.4 Å². The molecular formula is C17H19N3O3S. The standard InChI is InChI=1S/C17H19N3O3S/c1-23-11-7-8-12-13(9-11)16(22)14(15(12)21)19-20-17(24)18-10-5-3-2-4-6-10/h2-6,11-13,22H,7-9H2,1H3,(H,18,24). The molecule has 0 bridgehead atoms. The maximum absolute atomic E-state index is 12.4. The summed E-state index contributed by atoms with van der Waals surface area (Å²) in [4.78, 5) is 12.4. The van der Waals surface area contributed by atoms with Crippen LogP contribution in [0.5, 0.6) is 0 Å². The minimum atomic E-state index is -0.221. The fourth-order valence-corrected chi connectivity index (χ4v) is 3.46. The van der Waals surface area contributed by atoms with E-state index in [1.165, 1.54) is 0 Å². The highest BCUT2D eigenvalue weighted by Crippen LogP contribution is 2.43. The van der Waals surface area contributed by atoms with Gasteiger partial charge in [-0.25, -0.2) is 0 Å². The van der Waals surface area contributed by atoms with Crippen molar-refractivity contribution in [2.24, 2.45) is 22.1 Å². The monoisotopic (exact) mass is 345 g/mol. The zero-order valence-corrected chi connectivity index (χ0v) is 14.1. The fraction of sp³-hybridized carbons (Fsp3) is 0.412. The summed E-state index contributed by atoms with van der Waals surface area (Å²) in [6, 6.07) is 9.32. The van der Waals surface area contributed by atoms with Gasteiger partial charge in [-0.1, -0.05) is 18.2 Å². The smallest absolute Gasteiger partial charge is 0.218 e. The lowest BCUT2D eigenvalue weighted by atomic mass is 9.79. The molecule has 7 heteroatoms. The third kappa shape index (κ3) is 3.37. The van der Waals surface area contributed by atoms with Gasteiger partial charge in [0.15, 0.2) is 11.5 Å². The number of allylic oxidation sites excluding steroid dienone is 2. The first-order chi connectivity index (χ1) is 11.6. The van der Waals surface area contributed by atoms with Gasteiger partial charge in [0.05, 0.1) is 6.10 Å².